The first-order chi connectivity index (χ1) is 13.1. The largest absolute Gasteiger partial charge is 0.339 e. The maximum absolute atomic E-state index is 12.6. The molecular formula is C22H26N2O3. The summed E-state index contributed by atoms with van der Waals surface area (Å²) in [5, 5.41) is 0. The van der Waals surface area contributed by atoms with Crippen molar-refractivity contribution in [1.82, 2.24) is 9.80 Å². The standard InChI is InChI=1S/C22H26N2O3/c25-20(23-13-10-17(11-14-23)16-6-2-1-3-7-16)12-15-24-21(26)18-8-4-5-9-19(18)22(24)27/h1-3,6-7,10,18-19H,4-5,8-9,11-15H2. The number of fused-ring (bicyclic) bond motifs is 1. The van der Waals surface area contributed by atoms with Crippen LogP contribution in [-0.4, -0.2) is 47.2 Å². The predicted octanol–water partition coefficient (Wildman–Crippen LogP) is 2.87. The number of amides is 3. The second kappa shape index (κ2) is 7.67. The Hall–Kier alpha value is -2.43. The topological polar surface area (TPSA) is 57.7 Å². The minimum atomic E-state index is -0.132. The Bertz CT molecular complexity index is 747. The Labute approximate surface area is 160 Å². The van der Waals surface area contributed by atoms with Gasteiger partial charge in [0.2, 0.25) is 17.7 Å². The van der Waals surface area contributed by atoms with Crippen molar-refractivity contribution in [3.63, 3.8) is 0 Å². The SMILES string of the molecule is O=C(CCN1C(=O)C2CCCCC2C1=O)N1CC=C(c2ccccc2)CC1. The Morgan fingerprint density at radius 2 is 1.67 bits per heavy atom. The van der Waals surface area contributed by atoms with Gasteiger partial charge in [-0.2, -0.15) is 0 Å². The normalized spacial score (nSPS) is 25.4. The van der Waals surface area contributed by atoms with Gasteiger partial charge in [-0.05, 0) is 30.4 Å². The van der Waals surface area contributed by atoms with E-state index in [0.717, 1.165) is 32.1 Å². The van der Waals surface area contributed by atoms with Crippen LogP contribution in [0.5, 0.6) is 0 Å². The predicted molar refractivity (Wildman–Crippen MR) is 102 cm³/mol. The highest BCUT2D eigenvalue weighted by molar-refractivity contribution is 6.05. The minimum Gasteiger partial charge on any atom is -0.339 e. The van der Waals surface area contributed by atoms with Crippen molar-refractivity contribution < 1.29 is 14.4 Å². The fourth-order valence-corrected chi connectivity index (χ4v) is 4.63. The third-order valence-electron chi connectivity index (χ3n) is 6.19. The van der Waals surface area contributed by atoms with Crippen LogP contribution < -0.4 is 0 Å². The molecule has 5 nitrogen and oxygen atoms in total. The summed E-state index contributed by atoms with van der Waals surface area (Å²) in [6.07, 6.45) is 6.86. The quantitative estimate of drug-likeness (QED) is 0.770. The van der Waals surface area contributed by atoms with E-state index in [1.54, 1.807) is 0 Å². The second-order valence-electron chi connectivity index (χ2n) is 7.76. The summed E-state index contributed by atoms with van der Waals surface area (Å²) in [6.45, 7) is 1.51. The van der Waals surface area contributed by atoms with Crippen molar-refractivity contribution in [2.75, 3.05) is 19.6 Å². The zero-order valence-corrected chi connectivity index (χ0v) is 15.6. The van der Waals surface area contributed by atoms with E-state index in [-0.39, 0.29) is 42.5 Å². The van der Waals surface area contributed by atoms with Crippen LogP contribution in [0, 0.1) is 11.8 Å². The third-order valence-corrected chi connectivity index (χ3v) is 6.19. The highest BCUT2D eigenvalue weighted by Gasteiger charge is 2.47. The molecule has 1 saturated heterocycles. The molecule has 4 rings (SSSR count). The summed E-state index contributed by atoms with van der Waals surface area (Å²) in [7, 11) is 0. The molecule has 1 saturated carbocycles. The number of likely N-dealkylation sites (tertiary alicyclic amines) is 1. The molecule has 0 aromatic heterocycles. The number of carbonyl (C=O) groups excluding carboxylic acids is 3. The van der Waals surface area contributed by atoms with Crippen molar-refractivity contribution in [2.45, 2.75) is 38.5 Å². The van der Waals surface area contributed by atoms with Crippen LogP contribution in [0.3, 0.4) is 0 Å². The number of benzene rings is 1. The molecule has 142 valence electrons. The lowest BCUT2D eigenvalue weighted by atomic mass is 9.81. The summed E-state index contributed by atoms with van der Waals surface area (Å²) in [6, 6.07) is 10.2. The number of nitrogens with zero attached hydrogens (tertiary/aromatic N) is 2. The van der Waals surface area contributed by atoms with Crippen LogP contribution in [0.4, 0.5) is 0 Å². The van der Waals surface area contributed by atoms with E-state index < -0.39 is 0 Å². The van der Waals surface area contributed by atoms with E-state index >= 15 is 0 Å². The first kappa shape index (κ1) is 18.0. The Morgan fingerprint density at radius 1 is 1.00 bits per heavy atom. The molecule has 27 heavy (non-hydrogen) atoms. The van der Waals surface area contributed by atoms with Gasteiger partial charge in [-0.1, -0.05) is 49.2 Å². The molecule has 0 N–H and O–H groups in total. The fraction of sp³-hybridized carbons (Fsp3) is 0.500. The van der Waals surface area contributed by atoms with Gasteiger partial charge in [0.1, 0.15) is 0 Å². The van der Waals surface area contributed by atoms with Gasteiger partial charge >= 0.3 is 0 Å². The molecule has 2 fully saturated rings. The Kier molecular flexibility index (Phi) is 5.10. The summed E-state index contributed by atoms with van der Waals surface area (Å²) in [5.74, 6) is -0.348. The average molecular weight is 366 g/mol. The van der Waals surface area contributed by atoms with Gasteiger partial charge in [-0.15, -0.1) is 0 Å². The van der Waals surface area contributed by atoms with Crippen LogP contribution >= 0.6 is 0 Å². The van der Waals surface area contributed by atoms with E-state index in [0.29, 0.717) is 13.1 Å². The molecule has 3 aliphatic rings. The molecule has 0 spiro atoms. The van der Waals surface area contributed by atoms with Crippen LogP contribution in [0.25, 0.3) is 5.57 Å². The Balaban J connectivity index is 1.32. The van der Waals surface area contributed by atoms with E-state index in [9.17, 15) is 14.4 Å². The van der Waals surface area contributed by atoms with Gasteiger partial charge in [0.05, 0.1) is 11.8 Å². The highest BCUT2D eigenvalue weighted by Crippen LogP contribution is 2.38. The molecule has 2 aliphatic heterocycles. The first-order valence-electron chi connectivity index (χ1n) is 10.0. The fourth-order valence-electron chi connectivity index (χ4n) is 4.63. The maximum Gasteiger partial charge on any atom is 0.233 e. The summed E-state index contributed by atoms with van der Waals surface area (Å²) >= 11 is 0. The van der Waals surface area contributed by atoms with Crippen molar-refractivity contribution in [3.05, 3.63) is 42.0 Å². The van der Waals surface area contributed by atoms with E-state index in [2.05, 4.69) is 18.2 Å². The number of rotatable bonds is 4. The van der Waals surface area contributed by atoms with Crippen molar-refractivity contribution in [3.8, 4) is 0 Å². The van der Waals surface area contributed by atoms with E-state index in [1.807, 2.05) is 23.1 Å². The molecule has 1 aliphatic carbocycles. The highest BCUT2D eigenvalue weighted by atomic mass is 16.2. The van der Waals surface area contributed by atoms with Crippen LogP contribution in [0.15, 0.2) is 36.4 Å². The molecule has 0 radical (unpaired) electrons. The minimum absolute atomic E-state index is 0.0221. The molecule has 1 aromatic rings. The zero-order valence-electron chi connectivity index (χ0n) is 15.6. The molecule has 0 bridgehead atoms. The molecule has 5 heteroatoms. The average Bonchev–Trinajstić information content (AvgIpc) is 2.97. The molecule has 1 aromatic carbocycles. The molecule has 3 amide bonds. The zero-order chi connectivity index (χ0) is 18.8. The summed E-state index contributed by atoms with van der Waals surface area (Å²) in [5.41, 5.74) is 2.48. The van der Waals surface area contributed by atoms with E-state index in [4.69, 9.17) is 0 Å². The smallest absolute Gasteiger partial charge is 0.233 e. The van der Waals surface area contributed by atoms with Gasteiger partial charge in [0.15, 0.2) is 0 Å². The van der Waals surface area contributed by atoms with Gasteiger partial charge in [0, 0.05) is 26.1 Å². The lowest BCUT2D eigenvalue weighted by Gasteiger charge is -2.27. The van der Waals surface area contributed by atoms with Crippen LogP contribution in [0.1, 0.15) is 44.1 Å². The van der Waals surface area contributed by atoms with E-state index in [1.165, 1.54) is 16.0 Å². The number of hydrogen-bond donors (Lipinski definition) is 0. The number of imide groups is 1. The van der Waals surface area contributed by atoms with Gasteiger partial charge < -0.3 is 4.90 Å². The van der Waals surface area contributed by atoms with Crippen LogP contribution in [-0.2, 0) is 14.4 Å². The van der Waals surface area contributed by atoms with Crippen LogP contribution in [0.2, 0.25) is 0 Å². The van der Waals surface area contributed by atoms with Crippen molar-refractivity contribution >= 4 is 23.3 Å². The molecule has 2 atom stereocenters. The first-order valence-corrected chi connectivity index (χ1v) is 10.0. The van der Waals surface area contributed by atoms with Gasteiger partial charge in [0.25, 0.3) is 0 Å². The second-order valence-corrected chi connectivity index (χ2v) is 7.76. The summed E-state index contributed by atoms with van der Waals surface area (Å²) < 4.78 is 0. The maximum atomic E-state index is 12.6. The van der Waals surface area contributed by atoms with Gasteiger partial charge in [-0.25, -0.2) is 0 Å². The Morgan fingerprint density at radius 3 is 2.26 bits per heavy atom. The molecular weight excluding hydrogens is 340 g/mol. The molecule has 2 heterocycles. The lowest BCUT2D eigenvalue weighted by Crippen LogP contribution is -2.39. The van der Waals surface area contributed by atoms with Crippen molar-refractivity contribution in [2.24, 2.45) is 11.8 Å². The molecule has 2 unspecified atom stereocenters. The monoisotopic (exact) mass is 366 g/mol. The lowest BCUT2D eigenvalue weighted by molar-refractivity contribution is -0.140. The van der Waals surface area contributed by atoms with Gasteiger partial charge in [-0.3, -0.25) is 19.3 Å². The number of hydrogen-bond acceptors (Lipinski definition) is 3. The number of carbonyl (C=O) groups is 3. The van der Waals surface area contributed by atoms with Crippen molar-refractivity contribution in [1.29, 1.82) is 0 Å². The third kappa shape index (κ3) is 3.55. The summed E-state index contributed by atoms with van der Waals surface area (Å²) in [4.78, 5) is 40.8.